The number of carbonyl (C=O) groups excluding carboxylic acids is 1. The third kappa shape index (κ3) is 2.96. The average molecular weight is 376 g/mol. The summed E-state index contributed by atoms with van der Waals surface area (Å²) in [5, 5.41) is 14.0. The Bertz CT molecular complexity index is 844. The number of aromatic nitrogens is 2. The van der Waals surface area contributed by atoms with Crippen molar-refractivity contribution in [3.8, 4) is 11.4 Å². The van der Waals surface area contributed by atoms with Gasteiger partial charge in [0.25, 0.3) is 0 Å². The summed E-state index contributed by atoms with van der Waals surface area (Å²) in [6, 6.07) is 7.15. The highest BCUT2D eigenvalue weighted by Gasteiger charge is 2.58. The van der Waals surface area contributed by atoms with Crippen LogP contribution in [0.15, 0.2) is 28.8 Å². The molecule has 1 atom stereocenters. The van der Waals surface area contributed by atoms with Crippen LogP contribution in [0.5, 0.6) is 0 Å². The molecule has 0 spiro atoms. The molecule has 0 bridgehead atoms. The number of carboxylic acid groups (broad SMARTS) is 1. The molecule has 26 heavy (non-hydrogen) atoms. The van der Waals surface area contributed by atoms with Crippen molar-refractivity contribution in [2.45, 2.75) is 31.6 Å². The van der Waals surface area contributed by atoms with Crippen LogP contribution in [0.4, 0.5) is 0 Å². The molecule has 1 saturated carbocycles. The number of carbonyl (C=O) groups is 2. The molecule has 2 heterocycles. The number of halogens is 1. The normalized spacial score (nSPS) is 21.4. The Balaban J connectivity index is 1.49. The van der Waals surface area contributed by atoms with E-state index in [-0.39, 0.29) is 11.8 Å². The van der Waals surface area contributed by atoms with Crippen LogP contribution in [-0.4, -0.2) is 45.1 Å². The molecule has 2 fully saturated rings. The Morgan fingerprint density at radius 3 is 2.65 bits per heavy atom. The fraction of sp³-hybridized carbons (Fsp3) is 0.444. The van der Waals surface area contributed by atoms with Crippen LogP contribution in [0.3, 0.4) is 0 Å². The number of benzene rings is 1. The molecule has 1 N–H and O–H groups in total. The molecule has 1 saturated heterocycles. The molecule has 1 unspecified atom stereocenters. The van der Waals surface area contributed by atoms with E-state index in [1.165, 1.54) is 0 Å². The van der Waals surface area contributed by atoms with E-state index in [0.717, 1.165) is 18.4 Å². The molecular weight excluding hydrogens is 358 g/mol. The van der Waals surface area contributed by atoms with Gasteiger partial charge in [0, 0.05) is 23.7 Å². The van der Waals surface area contributed by atoms with Gasteiger partial charge in [0.15, 0.2) is 0 Å². The summed E-state index contributed by atoms with van der Waals surface area (Å²) in [4.78, 5) is 30.1. The number of likely N-dealkylation sites (tertiary alicyclic amines) is 1. The van der Waals surface area contributed by atoms with Gasteiger partial charge < -0.3 is 14.5 Å². The minimum atomic E-state index is -1.20. The van der Waals surface area contributed by atoms with Crippen LogP contribution in [0, 0.1) is 5.41 Å². The topological polar surface area (TPSA) is 96.5 Å². The van der Waals surface area contributed by atoms with E-state index >= 15 is 0 Å². The molecule has 1 aromatic carbocycles. The second-order valence-electron chi connectivity index (χ2n) is 6.94. The van der Waals surface area contributed by atoms with Crippen molar-refractivity contribution in [3.05, 3.63) is 35.2 Å². The van der Waals surface area contributed by atoms with Crippen molar-refractivity contribution in [1.29, 1.82) is 0 Å². The van der Waals surface area contributed by atoms with Crippen LogP contribution >= 0.6 is 11.6 Å². The van der Waals surface area contributed by atoms with E-state index < -0.39 is 11.4 Å². The number of rotatable bonds is 4. The fourth-order valence-electron chi connectivity index (χ4n) is 3.43. The first-order valence-corrected chi connectivity index (χ1v) is 9.00. The minimum Gasteiger partial charge on any atom is -0.480 e. The van der Waals surface area contributed by atoms with Gasteiger partial charge in [0.05, 0.1) is 5.92 Å². The first-order valence-electron chi connectivity index (χ1n) is 8.62. The lowest BCUT2D eigenvalue weighted by Gasteiger charge is -2.32. The summed E-state index contributed by atoms with van der Waals surface area (Å²) < 4.78 is 5.42. The van der Waals surface area contributed by atoms with Crippen LogP contribution in [-0.2, 0) is 9.59 Å². The van der Waals surface area contributed by atoms with Gasteiger partial charge in [-0.25, -0.2) is 0 Å². The summed E-state index contributed by atoms with van der Waals surface area (Å²) in [5.41, 5.74) is -0.401. The summed E-state index contributed by atoms with van der Waals surface area (Å²) in [6.07, 6.45) is 2.45. The molecule has 136 valence electrons. The zero-order valence-electron chi connectivity index (χ0n) is 14.0. The number of piperidine rings is 1. The Labute approximate surface area is 154 Å². The standard InChI is InChI=1S/C18H18ClN3O4/c19-13-5-3-11(4-6-13)14-20-15(26-21-14)12-2-1-9-22(10-12)16(23)18(7-8-18)17(24)25/h3-6,12H,1-2,7-10H2,(H,24,25). The minimum absolute atomic E-state index is 0.0779. The van der Waals surface area contributed by atoms with Gasteiger partial charge in [0.2, 0.25) is 17.6 Å². The third-order valence-corrected chi connectivity index (χ3v) is 5.42. The van der Waals surface area contributed by atoms with Crippen molar-refractivity contribution in [1.82, 2.24) is 15.0 Å². The predicted molar refractivity (Wildman–Crippen MR) is 92.6 cm³/mol. The summed E-state index contributed by atoms with van der Waals surface area (Å²) in [6.45, 7) is 0.985. The van der Waals surface area contributed by atoms with Gasteiger partial charge in [-0.1, -0.05) is 16.8 Å². The van der Waals surface area contributed by atoms with E-state index in [2.05, 4.69) is 10.1 Å². The molecular formula is C18H18ClN3O4. The molecule has 1 aliphatic heterocycles. The van der Waals surface area contributed by atoms with E-state index in [4.69, 9.17) is 16.1 Å². The zero-order valence-corrected chi connectivity index (χ0v) is 14.8. The van der Waals surface area contributed by atoms with Gasteiger partial charge in [-0.15, -0.1) is 0 Å². The summed E-state index contributed by atoms with van der Waals surface area (Å²) in [7, 11) is 0. The monoisotopic (exact) mass is 375 g/mol. The molecule has 1 aliphatic carbocycles. The lowest BCUT2D eigenvalue weighted by molar-refractivity contribution is -0.154. The van der Waals surface area contributed by atoms with E-state index in [0.29, 0.717) is 42.7 Å². The summed E-state index contributed by atoms with van der Waals surface area (Å²) >= 11 is 5.89. The molecule has 0 radical (unpaired) electrons. The molecule has 7 nitrogen and oxygen atoms in total. The number of amides is 1. The molecule has 8 heteroatoms. The lowest BCUT2D eigenvalue weighted by Crippen LogP contribution is -2.45. The quantitative estimate of drug-likeness (QED) is 0.825. The first-order chi connectivity index (χ1) is 12.5. The molecule has 4 rings (SSSR count). The fourth-order valence-corrected chi connectivity index (χ4v) is 3.55. The molecule has 2 aliphatic rings. The zero-order chi connectivity index (χ0) is 18.3. The van der Waals surface area contributed by atoms with E-state index in [9.17, 15) is 14.7 Å². The highest BCUT2D eigenvalue weighted by atomic mass is 35.5. The SMILES string of the molecule is O=C(O)C1(C(=O)N2CCCC(c3nc(-c4ccc(Cl)cc4)no3)C2)CC1. The number of hydrogen-bond acceptors (Lipinski definition) is 5. The maximum atomic E-state index is 12.6. The molecule has 1 amide bonds. The maximum absolute atomic E-state index is 12.6. The van der Waals surface area contributed by atoms with Crippen molar-refractivity contribution >= 4 is 23.5 Å². The Morgan fingerprint density at radius 1 is 1.27 bits per heavy atom. The third-order valence-electron chi connectivity index (χ3n) is 5.17. The van der Waals surface area contributed by atoms with E-state index in [1.807, 2.05) is 12.1 Å². The smallest absolute Gasteiger partial charge is 0.319 e. The van der Waals surface area contributed by atoms with E-state index in [1.54, 1.807) is 17.0 Å². The van der Waals surface area contributed by atoms with Crippen LogP contribution in [0.1, 0.15) is 37.5 Å². The number of hydrogen-bond donors (Lipinski definition) is 1. The average Bonchev–Trinajstić information content (AvgIpc) is 3.33. The second-order valence-corrected chi connectivity index (χ2v) is 7.38. The van der Waals surface area contributed by atoms with Crippen molar-refractivity contribution < 1.29 is 19.2 Å². The van der Waals surface area contributed by atoms with Crippen LogP contribution in [0.25, 0.3) is 11.4 Å². The van der Waals surface area contributed by atoms with Gasteiger partial charge in [-0.2, -0.15) is 4.98 Å². The highest BCUT2D eigenvalue weighted by Crippen LogP contribution is 2.48. The number of aliphatic carboxylic acids is 1. The van der Waals surface area contributed by atoms with Gasteiger partial charge in [0.1, 0.15) is 5.41 Å². The van der Waals surface area contributed by atoms with Gasteiger partial charge >= 0.3 is 5.97 Å². The van der Waals surface area contributed by atoms with Crippen molar-refractivity contribution in [2.75, 3.05) is 13.1 Å². The van der Waals surface area contributed by atoms with Crippen molar-refractivity contribution in [2.24, 2.45) is 5.41 Å². The van der Waals surface area contributed by atoms with Gasteiger partial charge in [-0.3, -0.25) is 9.59 Å². The Morgan fingerprint density at radius 2 is 2.00 bits per heavy atom. The second kappa shape index (κ2) is 6.39. The molecule has 2 aromatic rings. The molecule has 1 aromatic heterocycles. The first kappa shape index (κ1) is 17.0. The Kier molecular flexibility index (Phi) is 4.19. The van der Waals surface area contributed by atoms with Gasteiger partial charge in [-0.05, 0) is 49.9 Å². The maximum Gasteiger partial charge on any atom is 0.319 e. The largest absolute Gasteiger partial charge is 0.480 e. The van der Waals surface area contributed by atoms with Crippen molar-refractivity contribution in [3.63, 3.8) is 0 Å². The number of carboxylic acids is 1. The van der Waals surface area contributed by atoms with Crippen LogP contribution < -0.4 is 0 Å². The Hall–Kier alpha value is -2.41. The summed E-state index contributed by atoms with van der Waals surface area (Å²) in [5.74, 6) is -0.428. The predicted octanol–water partition coefficient (Wildman–Crippen LogP) is 2.96. The highest BCUT2D eigenvalue weighted by molar-refractivity contribution is 6.30. The van der Waals surface area contributed by atoms with Crippen LogP contribution in [0.2, 0.25) is 5.02 Å². The number of nitrogens with zero attached hydrogens (tertiary/aromatic N) is 3. The lowest BCUT2D eigenvalue weighted by atomic mass is 9.95.